The third-order valence-electron chi connectivity index (χ3n) is 4.82. The average Bonchev–Trinajstić information content (AvgIpc) is 3.13. The molecule has 1 aliphatic carbocycles. The van der Waals surface area contributed by atoms with E-state index >= 15 is 0 Å². The highest BCUT2D eigenvalue weighted by Gasteiger charge is 2.50. The van der Waals surface area contributed by atoms with Crippen LogP contribution in [0.1, 0.15) is 25.7 Å². The van der Waals surface area contributed by atoms with Gasteiger partial charge in [0, 0.05) is 19.1 Å². The average molecular weight is 269 g/mol. The standard InChI is InChI=1S/C14H27N3O2/c1-15-14(13(18)19,11-6-7-11)10-16(2)9-12-5-4-8-17(12)3/h11-12,15H,4-10H2,1-3H3,(H,18,19). The molecule has 0 aromatic heterocycles. The second-order valence-corrected chi connectivity index (χ2v) is 6.27. The largest absolute Gasteiger partial charge is 0.480 e. The molecule has 5 nitrogen and oxygen atoms in total. The number of aliphatic carboxylic acids is 1. The van der Waals surface area contributed by atoms with E-state index in [2.05, 4.69) is 22.2 Å². The summed E-state index contributed by atoms with van der Waals surface area (Å²) in [6, 6.07) is 0.576. The molecule has 2 rings (SSSR count). The van der Waals surface area contributed by atoms with E-state index in [1.807, 2.05) is 7.05 Å². The molecule has 2 unspecified atom stereocenters. The van der Waals surface area contributed by atoms with Crippen LogP contribution in [-0.2, 0) is 4.79 Å². The molecule has 0 amide bonds. The molecule has 2 aliphatic rings. The van der Waals surface area contributed by atoms with Gasteiger partial charge in [-0.1, -0.05) is 0 Å². The number of likely N-dealkylation sites (tertiary alicyclic amines) is 1. The summed E-state index contributed by atoms with van der Waals surface area (Å²) in [6.07, 6.45) is 4.55. The summed E-state index contributed by atoms with van der Waals surface area (Å²) in [4.78, 5) is 16.2. The number of nitrogens with zero attached hydrogens (tertiary/aromatic N) is 2. The van der Waals surface area contributed by atoms with Crippen molar-refractivity contribution in [3.63, 3.8) is 0 Å². The minimum atomic E-state index is -0.758. The van der Waals surface area contributed by atoms with E-state index in [0.29, 0.717) is 18.5 Å². The Morgan fingerprint density at radius 1 is 1.47 bits per heavy atom. The minimum Gasteiger partial charge on any atom is -0.480 e. The molecule has 2 atom stereocenters. The maximum Gasteiger partial charge on any atom is 0.325 e. The number of carboxylic acid groups (broad SMARTS) is 1. The van der Waals surface area contributed by atoms with Crippen LogP contribution in [0.4, 0.5) is 0 Å². The van der Waals surface area contributed by atoms with E-state index in [4.69, 9.17) is 0 Å². The molecule has 0 spiro atoms. The Morgan fingerprint density at radius 2 is 2.16 bits per heavy atom. The van der Waals surface area contributed by atoms with Crippen molar-refractivity contribution in [2.45, 2.75) is 37.3 Å². The fourth-order valence-corrected chi connectivity index (χ4v) is 3.40. The molecule has 2 N–H and O–H groups in total. The Hall–Kier alpha value is -0.650. The van der Waals surface area contributed by atoms with Crippen LogP contribution in [0.5, 0.6) is 0 Å². The Morgan fingerprint density at radius 3 is 2.58 bits per heavy atom. The van der Waals surface area contributed by atoms with Crippen LogP contribution >= 0.6 is 0 Å². The second-order valence-electron chi connectivity index (χ2n) is 6.27. The van der Waals surface area contributed by atoms with Gasteiger partial charge in [-0.05, 0) is 59.3 Å². The van der Waals surface area contributed by atoms with Gasteiger partial charge in [0.1, 0.15) is 5.54 Å². The lowest BCUT2D eigenvalue weighted by atomic mass is 9.92. The molecule has 0 aromatic rings. The van der Waals surface area contributed by atoms with Gasteiger partial charge in [0.2, 0.25) is 0 Å². The van der Waals surface area contributed by atoms with Crippen LogP contribution in [0, 0.1) is 5.92 Å². The van der Waals surface area contributed by atoms with Gasteiger partial charge in [0.25, 0.3) is 0 Å². The van der Waals surface area contributed by atoms with Crippen molar-refractivity contribution >= 4 is 5.97 Å². The Bertz CT molecular complexity index is 333. The SMILES string of the molecule is CNC(CN(C)CC1CCCN1C)(C(=O)O)C1CC1. The molecule has 1 aliphatic heterocycles. The highest BCUT2D eigenvalue weighted by molar-refractivity contribution is 5.80. The maximum absolute atomic E-state index is 11.7. The predicted molar refractivity (Wildman–Crippen MR) is 75.3 cm³/mol. The first-order chi connectivity index (χ1) is 8.99. The fourth-order valence-electron chi connectivity index (χ4n) is 3.40. The van der Waals surface area contributed by atoms with Crippen molar-refractivity contribution in [1.82, 2.24) is 15.1 Å². The van der Waals surface area contributed by atoms with E-state index < -0.39 is 11.5 Å². The molecule has 110 valence electrons. The van der Waals surface area contributed by atoms with Crippen LogP contribution < -0.4 is 5.32 Å². The minimum absolute atomic E-state index is 0.291. The summed E-state index contributed by atoms with van der Waals surface area (Å²) in [5.74, 6) is -0.414. The zero-order valence-corrected chi connectivity index (χ0v) is 12.4. The molecule has 0 aromatic carbocycles. The Kier molecular flexibility index (Phi) is 4.48. The zero-order valence-electron chi connectivity index (χ0n) is 12.4. The van der Waals surface area contributed by atoms with Gasteiger partial charge >= 0.3 is 5.97 Å². The van der Waals surface area contributed by atoms with Gasteiger partial charge in [-0.3, -0.25) is 4.79 Å². The van der Waals surface area contributed by atoms with Crippen molar-refractivity contribution in [3.05, 3.63) is 0 Å². The topological polar surface area (TPSA) is 55.8 Å². The first-order valence-electron chi connectivity index (χ1n) is 7.30. The van der Waals surface area contributed by atoms with Gasteiger partial charge in [-0.2, -0.15) is 0 Å². The molecule has 0 bridgehead atoms. The number of rotatable bonds is 7. The van der Waals surface area contributed by atoms with E-state index in [1.54, 1.807) is 7.05 Å². The van der Waals surface area contributed by atoms with Crippen LogP contribution in [-0.4, -0.2) is 73.2 Å². The van der Waals surface area contributed by atoms with Crippen LogP contribution in [0.2, 0.25) is 0 Å². The van der Waals surface area contributed by atoms with Crippen molar-refractivity contribution in [3.8, 4) is 0 Å². The summed E-state index contributed by atoms with van der Waals surface area (Å²) >= 11 is 0. The van der Waals surface area contributed by atoms with E-state index in [-0.39, 0.29) is 0 Å². The van der Waals surface area contributed by atoms with Gasteiger partial charge in [0.15, 0.2) is 0 Å². The van der Waals surface area contributed by atoms with E-state index in [0.717, 1.165) is 25.9 Å². The summed E-state index contributed by atoms with van der Waals surface area (Å²) in [5, 5.41) is 12.7. The normalized spacial score (nSPS) is 27.7. The zero-order chi connectivity index (χ0) is 14.0. The summed E-state index contributed by atoms with van der Waals surface area (Å²) in [7, 11) is 5.99. The van der Waals surface area contributed by atoms with E-state index in [1.165, 1.54) is 12.8 Å². The second kappa shape index (κ2) is 5.77. The van der Waals surface area contributed by atoms with Crippen molar-refractivity contribution in [2.75, 3.05) is 40.8 Å². The van der Waals surface area contributed by atoms with Gasteiger partial charge < -0.3 is 20.2 Å². The highest BCUT2D eigenvalue weighted by atomic mass is 16.4. The lowest BCUT2D eigenvalue weighted by Crippen LogP contribution is -2.59. The smallest absolute Gasteiger partial charge is 0.325 e. The maximum atomic E-state index is 11.7. The number of hydrogen-bond acceptors (Lipinski definition) is 4. The summed E-state index contributed by atoms with van der Waals surface area (Å²) in [6.45, 7) is 2.71. The van der Waals surface area contributed by atoms with Crippen LogP contribution in [0.25, 0.3) is 0 Å². The Labute approximate surface area is 115 Å². The van der Waals surface area contributed by atoms with Gasteiger partial charge in [-0.15, -0.1) is 0 Å². The molecule has 19 heavy (non-hydrogen) atoms. The van der Waals surface area contributed by atoms with Crippen LogP contribution in [0.3, 0.4) is 0 Å². The predicted octanol–water partition coefficient (Wildman–Crippen LogP) is 0.465. The highest BCUT2D eigenvalue weighted by Crippen LogP contribution is 2.40. The van der Waals surface area contributed by atoms with Gasteiger partial charge in [-0.25, -0.2) is 0 Å². The van der Waals surface area contributed by atoms with E-state index in [9.17, 15) is 9.90 Å². The number of nitrogens with one attached hydrogen (secondary N) is 1. The quantitative estimate of drug-likeness (QED) is 0.703. The molecule has 1 heterocycles. The van der Waals surface area contributed by atoms with Crippen LogP contribution in [0.15, 0.2) is 0 Å². The van der Waals surface area contributed by atoms with Crippen molar-refractivity contribution < 1.29 is 9.90 Å². The molecule has 5 heteroatoms. The molecular formula is C14H27N3O2. The monoisotopic (exact) mass is 269 g/mol. The summed E-state index contributed by atoms with van der Waals surface area (Å²) in [5.41, 5.74) is -0.758. The third-order valence-corrected chi connectivity index (χ3v) is 4.82. The fraction of sp³-hybridized carbons (Fsp3) is 0.929. The number of carbonyl (C=O) groups is 1. The number of likely N-dealkylation sites (N-methyl/N-ethyl adjacent to an activating group) is 3. The molecule has 0 radical (unpaired) electrons. The molecular weight excluding hydrogens is 242 g/mol. The number of carboxylic acids is 1. The van der Waals surface area contributed by atoms with Crippen molar-refractivity contribution in [1.29, 1.82) is 0 Å². The Balaban J connectivity index is 1.95. The molecule has 1 saturated heterocycles. The van der Waals surface area contributed by atoms with Crippen molar-refractivity contribution in [2.24, 2.45) is 5.92 Å². The first-order valence-corrected chi connectivity index (χ1v) is 7.30. The third kappa shape index (κ3) is 3.09. The molecule has 2 fully saturated rings. The first kappa shape index (κ1) is 14.8. The lowest BCUT2D eigenvalue weighted by molar-refractivity contribution is -0.146. The number of hydrogen-bond donors (Lipinski definition) is 2. The summed E-state index contributed by atoms with van der Waals surface area (Å²) < 4.78 is 0. The molecule has 1 saturated carbocycles. The van der Waals surface area contributed by atoms with Gasteiger partial charge in [0.05, 0.1) is 0 Å². The lowest BCUT2D eigenvalue weighted by Gasteiger charge is -2.35.